The number of benzene rings is 1. The van der Waals surface area contributed by atoms with Crippen molar-refractivity contribution in [2.75, 3.05) is 0 Å². The number of aromatic nitrogens is 4. The Kier molecular flexibility index (Phi) is 3.03. The van der Waals surface area contributed by atoms with E-state index in [-0.39, 0.29) is 0 Å². The van der Waals surface area contributed by atoms with Crippen LogP contribution in [0.2, 0.25) is 0 Å². The van der Waals surface area contributed by atoms with E-state index in [1.807, 2.05) is 17.8 Å². The topological polar surface area (TPSA) is 35.6 Å². The van der Waals surface area contributed by atoms with E-state index in [4.69, 9.17) is 11.6 Å². The summed E-state index contributed by atoms with van der Waals surface area (Å²) in [4.78, 5) is 4.64. The highest BCUT2D eigenvalue weighted by Crippen LogP contribution is 2.21. The standard InChI is InChI=1S/C14H15ClN4/c1-10-4-3-5-12-14(10)17-13(8-15)19(12)9-11-6-7-16-18(11)2/h3-7H,8-9H2,1-2H3. The maximum absolute atomic E-state index is 6.03. The number of aryl methyl sites for hydroxylation is 2. The molecule has 0 aliphatic carbocycles. The van der Waals surface area contributed by atoms with E-state index in [9.17, 15) is 0 Å². The first-order chi connectivity index (χ1) is 9.20. The average Bonchev–Trinajstić information content (AvgIpc) is 2.96. The second-order valence-electron chi connectivity index (χ2n) is 4.64. The van der Waals surface area contributed by atoms with E-state index in [1.165, 1.54) is 5.56 Å². The normalized spacial score (nSPS) is 11.3. The van der Waals surface area contributed by atoms with E-state index in [0.29, 0.717) is 5.88 Å². The number of alkyl halides is 1. The highest BCUT2D eigenvalue weighted by molar-refractivity contribution is 6.16. The number of hydrogen-bond acceptors (Lipinski definition) is 2. The van der Waals surface area contributed by atoms with Crippen molar-refractivity contribution in [2.45, 2.75) is 19.3 Å². The second-order valence-corrected chi connectivity index (χ2v) is 4.90. The molecule has 5 heteroatoms. The number of halogens is 1. The predicted molar refractivity (Wildman–Crippen MR) is 76.3 cm³/mol. The van der Waals surface area contributed by atoms with E-state index in [2.05, 4.69) is 39.8 Å². The Labute approximate surface area is 116 Å². The number of nitrogens with zero attached hydrogens (tertiary/aromatic N) is 4. The van der Waals surface area contributed by atoms with Crippen molar-refractivity contribution >= 4 is 22.6 Å². The van der Waals surface area contributed by atoms with Gasteiger partial charge in [-0.3, -0.25) is 4.68 Å². The molecule has 0 bridgehead atoms. The summed E-state index contributed by atoms with van der Waals surface area (Å²) < 4.78 is 4.03. The lowest BCUT2D eigenvalue weighted by Crippen LogP contribution is -2.08. The van der Waals surface area contributed by atoms with Gasteiger partial charge in [-0.05, 0) is 24.6 Å². The van der Waals surface area contributed by atoms with Gasteiger partial charge in [0.25, 0.3) is 0 Å². The van der Waals surface area contributed by atoms with Crippen LogP contribution in [0.1, 0.15) is 17.1 Å². The summed E-state index contributed by atoms with van der Waals surface area (Å²) in [6.07, 6.45) is 1.81. The fourth-order valence-corrected chi connectivity index (χ4v) is 2.54. The Morgan fingerprint density at radius 1 is 1.26 bits per heavy atom. The van der Waals surface area contributed by atoms with Gasteiger partial charge in [0.2, 0.25) is 0 Å². The largest absolute Gasteiger partial charge is 0.321 e. The van der Waals surface area contributed by atoms with Gasteiger partial charge in [-0.15, -0.1) is 11.6 Å². The third-order valence-corrected chi connectivity index (χ3v) is 3.66. The quantitative estimate of drug-likeness (QED) is 0.689. The van der Waals surface area contributed by atoms with Crippen LogP contribution in [0.5, 0.6) is 0 Å². The van der Waals surface area contributed by atoms with Crippen molar-refractivity contribution in [1.29, 1.82) is 0 Å². The van der Waals surface area contributed by atoms with E-state index >= 15 is 0 Å². The van der Waals surface area contributed by atoms with Gasteiger partial charge in [0.15, 0.2) is 0 Å². The van der Waals surface area contributed by atoms with Gasteiger partial charge >= 0.3 is 0 Å². The molecule has 0 amide bonds. The smallest absolute Gasteiger partial charge is 0.125 e. The molecule has 3 rings (SSSR count). The summed E-state index contributed by atoms with van der Waals surface area (Å²) in [5, 5.41) is 4.20. The highest BCUT2D eigenvalue weighted by Gasteiger charge is 2.12. The first kappa shape index (κ1) is 12.2. The van der Waals surface area contributed by atoms with Crippen molar-refractivity contribution in [3.05, 3.63) is 47.5 Å². The molecule has 0 fully saturated rings. The zero-order valence-corrected chi connectivity index (χ0v) is 11.7. The molecule has 19 heavy (non-hydrogen) atoms. The predicted octanol–water partition coefficient (Wildman–Crippen LogP) is 2.87. The van der Waals surface area contributed by atoms with Crippen LogP contribution < -0.4 is 0 Å². The second kappa shape index (κ2) is 4.70. The number of fused-ring (bicyclic) bond motifs is 1. The number of rotatable bonds is 3. The van der Waals surface area contributed by atoms with Crippen molar-refractivity contribution < 1.29 is 0 Å². The molecule has 0 unspecified atom stereocenters. The summed E-state index contributed by atoms with van der Waals surface area (Å²) in [6, 6.07) is 8.22. The minimum absolute atomic E-state index is 0.409. The maximum atomic E-state index is 6.03. The molecule has 3 aromatic rings. The molecule has 4 nitrogen and oxygen atoms in total. The summed E-state index contributed by atoms with van der Waals surface area (Å²) in [5.74, 6) is 1.30. The minimum atomic E-state index is 0.409. The van der Waals surface area contributed by atoms with Crippen LogP contribution in [0.3, 0.4) is 0 Å². The van der Waals surface area contributed by atoms with E-state index in [0.717, 1.165) is 29.1 Å². The van der Waals surface area contributed by atoms with Crippen LogP contribution in [0.15, 0.2) is 30.5 Å². The average molecular weight is 275 g/mol. The van der Waals surface area contributed by atoms with Gasteiger partial charge in [-0.2, -0.15) is 5.10 Å². The van der Waals surface area contributed by atoms with Crippen molar-refractivity contribution in [1.82, 2.24) is 19.3 Å². The fraction of sp³-hybridized carbons (Fsp3) is 0.286. The third-order valence-electron chi connectivity index (χ3n) is 3.42. The molecule has 0 saturated heterocycles. The minimum Gasteiger partial charge on any atom is -0.321 e. The zero-order chi connectivity index (χ0) is 13.4. The van der Waals surface area contributed by atoms with Gasteiger partial charge in [0.05, 0.1) is 29.2 Å². The number of para-hydroxylation sites is 1. The van der Waals surface area contributed by atoms with Gasteiger partial charge in [0.1, 0.15) is 5.82 Å². The maximum Gasteiger partial charge on any atom is 0.125 e. The van der Waals surface area contributed by atoms with Crippen LogP contribution in [-0.4, -0.2) is 19.3 Å². The Bertz CT molecular complexity index is 726. The molecule has 0 spiro atoms. The molecule has 0 radical (unpaired) electrons. The van der Waals surface area contributed by atoms with E-state index in [1.54, 1.807) is 6.20 Å². The molecule has 0 atom stereocenters. The van der Waals surface area contributed by atoms with Crippen LogP contribution in [0, 0.1) is 6.92 Å². The summed E-state index contributed by atoms with van der Waals surface area (Å²) >= 11 is 6.03. The summed E-state index contributed by atoms with van der Waals surface area (Å²) in [7, 11) is 1.94. The SMILES string of the molecule is Cc1cccc2c1nc(CCl)n2Cc1ccnn1C. The number of imidazole rings is 1. The molecule has 0 saturated carbocycles. The van der Waals surface area contributed by atoms with Gasteiger partial charge in [-0.25, -0.2) is 4.98 Å². The Hall–Kier alpha value is -1.81. The van der Waals surface area contributed by atoms with E-state index < -0.39 is 0 Å². The molecular weight excluding hydrogens is 260 g/mol. The monoisotopic (exact) mass is 274 g/mol. The number of hydrogen-bond donors (Lipinski definition) is 0. The molecule has 2 aromatic heterocycles. The third kappa shape index (κ3) is 2.02. The van der Waals surface area contributed by atoms with Crippen molar-refractivity contribution in [3.8, 4) is 0 Å². The first-order valence-electron chi connectivity index (χ1n) is 6.18. The Balaban J connectivity index is 2.16. The first-order valence-corrected chi connectivity index (χ1v) is 6.71. The summed E-state index contributed by atoms with van der Waals surface area (Å²) in [5.41, 5.74) is 4.46. The highest BCUT2D eigenvalue weighted by atomic mass is 35.5. The van der Waals surface area contributed by atoms with Crippen LogP contribution in [-0.2, 0) is 19.5 Å². The lowest BCUT2D eigenvalue weighted by Gasteiger charge is -2.08. The molecule has 2 heterocycles. The molecule has 98 valence electrons. The molecule has 0 aliphatic heterocycles. The van der Waals surface area contributed by atoms with Crippen LogP contribution in [0.4, 0.5) is 0 Å². The molecule has 0 aliphatic rings. The lowest BCUT2D eigenvalue weighted by molar-refractivity contribution is 0.663. The Morgan fingerprint density at radius 2 is 2.11 bits per heavy atom. The van der Waals surface area contributed by atoms with Gasteiger partial charge < -0.3 is 4.57 Å². The van der Waals surface area contributed by atoms with Crippen molar-refractivity contribution in [2.24, 2.45) is 7.05 Å². The van der Waals surface area contributed by atoms with Crippen molar-refractivity contribution in [3.63, 3.8) is 0 Å². The van der Waals surface area contributed by atoms with Crippen LogP contribution in [0.25, 0.3) is 11.0 Å². The molecule has 0 N–H and O–H groups in total. The lowest BCUT2D eigenvalue weighted by atomic mass is 10.2. The molecular formula is C14H15ClN4. The summed E-state index contributed by atoms with van der Waals surface area (Å²) in [6.45, 7) is 2.81. The molecule has 1 aromatic carbocycles. The van der Waals surface area contributed by atoms with Crippen LogP contribution >= 0.6 is 11.6 Å². The fourth-order valence-electron chi connectivity index (χ4n) is 2.33. The van der Waals surface area contributed by atoms with Gasteiger partial charge in [0, 0.05) is 13.2 Å². The zero-order valence-electron chi connectivity index (χ0n) is 11.0. The van der Waals surface area contributed by atoms with Gasteiger partial charge in [-0.1, -0.05) is 12.1 Å². The Morgan fingerprint density at radius 3 is 2.79 bits per heavy atom.